The molecule has 4 rings (SSSR count). The van der Waals surface area contributed by atoms with Gasteiger partial charge in [-0.05, 0) is 47.5 Å². The third-order valence-corrected chi connectivity index (χ3v) is 4.92. The van der Waals surface area contributed by atoms with E-state index in [9.17, 15) is 9.59 Å². The maximum Gasteiger partial charge on any atom is 0.339 e. The molecule has 0 unspecified atom stereocenters. The van der Waals surface area contributed by atoms with E-state index >= 15 is 0 Å². The molecule has 1 aliphatic rings. The molecule has 176 valence electrons. The van der Waals surface area contributed by atoms with Gasteiger partial charge in [0, 0.05) is 13.1 Å². The van der Waals surface area contributed by atoms with Crippen molar-refractivity contribution in [2.75, 3.05) is 33.4 Å². The van der Waals surface area contributed by atoms with Crippen LogP contribution in [0.1, 0.15) is 28.8 Å². The van der Waals surface area contributed by atoms with Crippen molar-refractivity contribution in [1.29, 1.82) is 0 Å². The van der Waals surface area contributed by atoms with Gasteiger partial charge in [0.05, 0.1) is 26.2 Å². The van der Waals surface area contributed by atoms with Gasteiger partial charge in [0.15, 0.2) is 0 Å². The van der Waals surface area contributed by atoms with Gasteiger partial charge in [-0.15, -0.1) is 0 Å². The second-order valence-electron chi connectivity index (χ2n) is 7.22. The predicted molar refractivity (Wildman–Crippen MR) is 125 cm³/mol. The first kappa shape index (κ1) is 25.6. The first-order chi connectivity index (χ1) is 15.8. The number of hydrogen-bond acceptors (Lipinski definition) is 6. The fraction of sp³-hybridized carbons (Fsp3) is 0.280. The van der Waals surface area contributed by atoms with Crippen molar-refractivity contribution in [2.24, 2.45) is 0 Å². The van der Waals surface area contributed by atoms with E-state index in [0.717, 1.165) is 48.4 Å². The Morgan fingerprint density at radius 2 is 1.61 bits per heavy atom. The van der Waals surface area contributed by atoms with Gasteiger partial charge in [0.2, 0.25) is 0 Å². The highest BCUT2D eigenvalue weighted by Crippen LogP contribution is 2.25. The zero-order chi connectivity index (χ0) is 24.2. The molecule has 1 saturated heterocycles. The SMILES string of the molecule is C1COCCN1.COc1ccc2cc([C@H](C)C(=O)O)ccc2c1.O=C(O)c1ccccc1O. The molecule has 3 aromatic rings. The van der Waals surface area contributed by atoms with Crippen LogP contribution in [0, 0.1) is 0 Å². The number of carboxylic acid groups (broad SMARTS) is 2. The number of methoxy groups -OCH3 is 1. The van der Waals surface area contributed by atoms with Gasteiger partial charge in [-0.3, -0.25) is 4.79 Å². The summed E-state index contributed by atoms with van der Waals surface area (Å²) in [5.41, 5.74) is 0.748. The van der Waals surface area contributed by atoms with Crippen LogP contribution >= 0.6 is 0 Å². The Morgan fingerprint density at radius 1 is 0.970 bits per heavy atom. The number of carbonyl (C=O) groups is 2. The summed E-state index contributed by atoms with van der Waals surface area (Å²) in [7, 11) is 1.63. The van der Waals surface area contributed by atoms with E-state index in [2.05, 4.69) is 5.32 Å². The third-order valence-electron chi connectivity index (χ3n) is 4.92. The molecule has 1 heterocycles. The summed E-state index contributed by atoms with van der Waals surface area (Å²) in [4.78, 5) is 21.2. The van der Waals surface area contributed by atoms with Crippen molar-refractivity contribution in [3.05, 3.63) is 71.8 Å². The van der Waals surface area contributed by atoms with Crippen molar-refractivity contribution in [1.82, 2.24) is 5.32 Å². The van der Waals surface area contributed by atoms with Crippen molar-refractivity contribution in [3.63, 3.8) is 0 Å². The maximum absolute atomic E-state index is 10.9. The number of benzene rings is 3. The molecule has 1 fully saturated rings. The van der Waals surface area contributed by atoms with Gasteiger partial charge in [-0.2, -0.15) is 0 Å². The highest BCUT2D eigenvalue weighted by molar-refractivity contribution is 5.90. The van der Waals surface area contributed by atoms with Crippen LogP contribution in [-0.2, 0) is 9.53 Å². The van der Waals surface area contributed by atoms with E-state index in [4.69, 9.17) is 24.8 Å². The Hall–Kier alpha value is -3.62. The van der Waals surface area contributed by atoms with E-state index in [1.54, 1.807) is 26.2 Å². The van der Waals surface area contributed by atoms with Gasteiger partial charge in [-0.1, -0.05) is 36.4 Å². The molecule has 3 aromatic carbocycles. The summed E-state index contributed by atoms with van der Waals surface area (Å²) < 4.78 is 10.2. The first-order valence-corrected chi connectivity index (χ1v) is 10.4. The number of para-hydroxylation sites is 1. The molecule has 0 spiro atoms. The molecule has 0 bridgehead atoms. The number of aliphatic carboxylic acids is 1. The fourth-order valence-electron chi connectivity index (χ4n) is 2.95. The monoisotopic (exact) mass is 455 g/mol. The number of hydrogen-bond donors (Lipinski definition) is 4. The normalized spacial score (nSPS) is 13.5. The Bertz CT molecular complexity index is 1050. The lowest BCUT2D eigenvalue weighted by Crippen LogP contribution is -2.30. The summed E-state index contributed by atoms with van der Waals surface area (Å²) in [6.45, 7) is 5.52. The third kappa shape index (κ3) is 8.10. The lowest BCUT2D eigenvalue weighted by Gasteiger charge is -2.10. The Labute approximate surface area is 192 Å². The summed E-state index contributed by atoms with van der Waals surface area (Å²) in [6.07, 6.45) is 0. The maximum atomic E-state index is 10.9. The molecular weight excluding hydrogens is 426 g/mol. The predicted octanol–water partition coefficient (Wildman–Crippen LogP) is 3.73. The van der Waals surface area contributed by atoms with Crippen molar-refractivity contribution < 1.29 is 34.4 Å². The topological polar surface area (TPSA) is 125 Å². The number of nitrogens with one attached hydrogen (secondary N) is 1. The van der Waals surface area contributed by atoms with Crippen LogP contribution in [0.4, 0.5) is 0 Å². The molecule has 0 radical (unpaired) electrons. The molecule has 1 aliphatic heterocycles. The van der Waals surface area contributed by atoms with Gasteiger partial charge in [0.1, 0.15) is 17.1 Å². The molecule has 0 amide bonds. The Balaban J connectivity index is 0.000000202. The van der Waals surface area contributed by atoms with Crippen molar-refractivity contribution in [2.45, 2.75) is 12.8 Å². The van der Waals surface area contributed by atoms with Gasteiger partial charge >= 0.3 is 11.9 Å². The number of ether oxygens (including phenoxy) is 2. The number of carboxylic acids is 2. The van der Waals surface area contributed by atoms with Gasteiger partial charge in [0.25, 0.3) is 0 Å². The minimum absolute atomic E-state index is 0.0671. The highest BCUT2D eigenvalue weighted by Gasteiger charge is 2.13. The highest BCUT2D eigenvalue weighted by atomic mass is 16.5. The van der Waals surface area contributed by atoms with E-state index < -0.39 is 17.9 Å². The molecule has 8 nitrogen and oxygen atoms in total. The number of aromatic carboxylic acids is 1. The zero-order valence-electron chi connectivity index (χ0n) is 18.7. The van der Waals surface area contributed by atoms with Gasteiger partial charge in [-0.25, -0.2) is 4.79 Å². The van der Waals surface area contributed by atoms with Crippen LogP contribution in [0.5, 0.6) is 11.5 Å². The van der Waals surface area contributed by atoms with Crippen molar-refractivity contribution >= 4 is 22.7 Å². The van der Waals surface area contributed by atoms with E-state index in [0.29, 0.717) is 0 Å². The van der Waals surface area contributed by atoms with E-state index in [1.165, 1.54) is 12.1 Å². The van der Waals surface area contributed by atoms with Crippen LogP contribution in [0.15, 0.2) is 60.7 Å². The quantitative estimate of drug-likeness (QED) is 0.469. The lowest BCUT2D eigenvalue weighted by atomic mass is 9.98. The van der Waals surface area contributed by atoms with Crippen molar-refractivity contribution in [3.8, 4) is 11.5 Å². The van der Waals surface area contributed by atoms with Crippen LogP contribution < -0.4 is 10.1 Å². The minimum atomic E-state index is -1.11. The van der Waals surface area contributed by atoms with Crippen LogP contribution in [0.2, 0.25) is 0 Å². The molecule has 0 saturated carbocycles. The number of rotatable bonds is 4. The van der Waals surface area contributed by atoms with E-state index in [-0.39, 0.29) is 11.3 Å². The molecule has 1 atom stereocenters. The summed E-state index contributed by atoms with van der Waals surface area (Å²) in [6, 6.07) is 17.2. The molecular formula is C25H29NO7. The zero-order valence-corrected chi connectivity index (χ0v) is 18.7. The second kappa shape index (κ2) is 13.0. The molecule has 4 N–H and O–H groups in total. The first-order valence-electron chi connectivity index (χ1n) is 10.4. The molecule has 0 aliphatic carbocycles. The average Bonchev–Trinajstić information content (AvgIpc) is 2.84. The minimum Gasteiger partial charge on any atom is -0.507 e. The Morgan fingerprint density at radius 3 is 2.09 bits per heavy atom. The average molecular weight is 456 g/mol. The number of aromatic hydroxyl groups is 1. The van der Waals surface area contributed by atoms with Crippen LogP contribution in [0.3, 0.4) is 0 Å². The number of fused-ring (bicyclic) bond motifs is 1. The van der Waals surface area contributed by atoms with Crippen LogP contribution in [0.25, 0.3) is 10.8 Å². The second-order valence-corrected chi connectivity index (χ2v) is 7.22. The smallest absolute Gasteiger partial charge is 0.339 e. The lowest BCUT2D eigenvalue weighted by molar-refractivity contribution is -0.138. The molecule has 33 heavy (non-hydrogen) atoms. The number of morpholine rings is 1. The van der Waals surface area contributed by atoms with Crippen LogP contribution in [-0.4, -0.2) is 60.7 Å². The molecule has 0 aromatic heterocycles. The Kier molecular flexibility index (Phi) is 10.1. The summed E-state index contributed by atoms with van der Waals surface area (Å²) in [5, 5.41) is 31.5. The molecule has 8 heteroatoms. The fourth-order valence-corrected chi connectivity index (χ4v) is 2.95. The largest absolute Gasteiger partial charge is 0.507 e. The summed E-state index contributed by atoms with van der Waals surface area (Å²) in [5.74, 6) is -1.80. The summed E-state index contributed by atoms with van der Waals surface area (Å²) >= 11 is 0. The number of phenols is 1. The van der Waals surface area contributed by atoms with E-state index in [1.807, 2.05) is 36.4 Å². The standard InChI is InChI=1S/C14H14O3.C7H6O3.C4H9NO/c1-9(14(15)16)10-3-4-12-8-13(17-2)6-5-11(12)7-10;8-6-4-2-1-3-5(6)7(9)10;1-3-6-4-2-5-1/h3-9H,1-2H3,(H,15,16);1-4,8H,(H,9,10);5H,1-4H2/t9-;;/m0../s1. The van der Waals surface area contributed by atoms with Gasteiger partial charge < -0.3 is 30.1 Å².